The molecule has 29 heavy (non-hydrogen) atoms. The molecular formula is C23H25FN2O3. The molecule has 0 saturated heterocycles. The Morgan fingerprint density at radius 2 is 1.79 bits per heavy atom. The normalized spacial score (nSPS) is 16.9. The van der Waals surface area contributed by atoms with Crippen molar-refractivity contribution in [1.29, 1.82) is 0 Å². The molecule has 1 heterocycles. The van der Waals surface area contributed by atoms with Crippen molar-refractivity contribution >= 4 is 17.5 Å². The Morgan fingerprint density at radius 3 is 2.55 bits per heavy atom. The molecule has 0 spiro atoms. The van der Waals surface area contributed by atoms with Gasteiger partial charge in [0.25, 0.3) is 5.91 Å². The van der Waals surface area contributed by atoms with Crippen LogP contribution in [0.1, 0.15) is 37.7 Å². The summed E-state index contributed by atoms with van der Waals surface area (Å²) in [7, 11) is 0. The van der Waals surface area contributed by atoms with E-state index >= 15 is 0 Å². The van der Waals surface area contributed by atoms with Crippen LogP contribution in [-0.2, 0) is 16.1 Å². The molecule has 1 fully saturated rings. The lowest BCUT2D eigenvalue weighted by Crippen LogP contribution is -2.49. The van der Waals surface area contributed by atoms with E-state index in [9.17, 15) is 14.0 Å². The third kappa shape index (κ3) is 4.42. The number of anilines is 1. The van der Waals surface area contributed by atoms with Gasteiger partial charge < -0.3 is 9.64 Å². The van der Waals surface area contributed by atoms with Crippen LogP contribution in [0.25, 0.3) is 0 Å². The van der Waals surface area contributed by atoms with E-state index in [0.29, 0.717) is 18.0 Å². The van der Waals surface area contributed by atoms with Crippen molar-refractivity contribution in [3.05, 3.63) is 59.9 Å². The molecule has 2 aromatic carbocycles. The Labute approximate surface area is 170 Å². The zero-order chi connectivity index (χ0) is 20.2. The first-order valence-electron chi connectivity index (χ1n) is 10.2. The zero-order valence-corrected chi connectivity index (χ0v) is 16.4. The molecule has 0 N–H and O–H groups in total. The van der Waals surface area contributed by atoms with Crippen molar-refractivity contribution < 1.29 is 18.7 Å². The Bertz CT molecular complexity index is 878. The number of hydrogen-bond acceptors (Lipinski definition) is 3. The number of hydrogen-bond donors (Lipinski definition) is 0. The minimum absolute atomic E-state index is 0.0170. The third-order valence-electron chi connectivity index (χ3n) is 5.70. The highest BCUT2D eigenvalue weighted by Crippen LogP contribution is 2.32. The van der Waals surface area contributed by atoms with Crippen LogP contribution in [-0.4, -0.2) is 35.9 Å². The van der Waals surface area contributed by atoms with E-state index in [0.717, 1.165) is 31.2 Å². The van der Waals surface area contributed by atoms with Crippen LogP contribution in [0.3, 0.4) is 0 Å². The maximum atomic E-state index is 13.4. The average Bonchev–Trinajstić information content (AvgIpc) is 2.76. The first-order chi connectivity index (χ1) is 14.1. The molecule has 0 unspecified atom stereocenters. The Kier molecular flexibility index (Phi) is 5.79. The van der Waals surface area contributed by atoms with Gasteiger partial charge in [0.1, 0.15) is 18.1 Å². The van der Waals surface area contributed by atoms with Gasteiger partial charge >= 0.3 is 0 Å². The summed E-state index contributed by atoms with van der Waals surface area (Å²) >= 11 is 0. The molecule has 2 aromatic rings. The second kappa shape index (κ2) is 8.64. The van der Waals surface area contributed by atoms with Crippen LogP contribution in [0.4, 0.5) is 10.1 Å². The van der Waals surface area contributed by atoms with E-state index in [1.807, 2.05) is 17.0 Å². The van der Waals surface area contributed by atoms with E-state index in [1.54, 1.807) is 24.3 Å². The van der Waals surface area contributed by atoms with E-state index in [4.69, 9.17) is 4.74 Å². The van der Waals surface area contributed by atoms with Gasteiger partial charge in [0.15, 0.2) is 6.61 Å². The molecule has 1 aliphatic carbocycles. The molecule has 2 amide bonds. The number of para-hydroxylation sites is 2. The van der Waals surface area contributed by atoms with Crippen molar-refractivity contribution in [1.82, 2.24) is 4.90 Å². The lowest BCUT2D eigenvalue weighted by Gasteiger charge is -2.37. The van der Waals surface area contributed by atoms with Crippen LogP contribution in [0.5, 0.6) is 5.75 Å². The van der Waals surface area contributed by atoms with Gasteiger partial charge in [0.2, 0.25) is 5.91 Å². The minimum atomic E-state index is -0.292. The number of ether oxygens (including phenoxy) is 1. The summed E-state index contributed by atoms with van der Waals surface area (Å²) in [5, 5.41) is 0. The number of amides is 2. The molecule has 0 atom stereocenters. The summed E-state index contributed by atoms with van der Waals surface area (Å²) in [6.07, 6.45) is 5.29. The molecular weight excluding hydrogens is 371 g/mol. The van der Waals surface area contributed by atoms with Crippen LogP contribution in [0, 0.1) is 5.82 Å². The van der Waals surface area contributed by atoms with Crippen LogP contribution < -0.4 is 9.64 Å². The maximum absolute atomic E-state index is 13.4. The molecule has 2 aliphatic rings. The minimum Gasteiger partial charge on any atom is -0.482 e. The second-order valence-electron chi connectivity index (χ2n) is 7.68. The Morgan fingerprint density at radius 1 is 1.07 bits per heavy atom. The van der Waals surface area contributed by atoms with Crippen molar-refractivity contribution in [2.45, 2.75) is 44.7 Å². The van der Waals surface area contributed by atoms with E-state index in [1.165, 1.54) is 23.5 Å². The molecule has 4 rings (SSSR count). The van der Waals surface area contributed by atoms with Gasteiger partial charge in [-0.25, -0.2) is 4.39 Å². The van der Waals surface area contributed by atoms with Crippen molar-refractivity contribution in [2.24, 2.45) is 0 Å². The Hall–Kier alpha value is -2.89. The van der Waals surface area contributed by atoms with Crippen molar-refractivity contribution in [2.75, 3.05) is 18.1 Å². The summed E-state index contributed by atoms with van der Waals surface area (Å²) in [4.78, 5) is 29.2. The number of fused-ring (bicyclic) bond motifs is 1. The lowest BCUT2D eigenvalue weighted by molar-refractivity contribution is -0.135. The third-order valence-corrected chi connectivity index (χ3v) is 5.70. The van der Waals surface area contributed by atoms with Gasteiger partial charge in [-0.2, -0.15) is 0 Å². The van der Waals surface area contributed by atoms with Gasteiger partial charge in [-0.1, -0.05) is 43.5 Å². The lowest BCUT2D eigenvalue weighted by atomic mass is 9.93. The van der Waals surface area contributed by atoms with Gasteiger partial charge in [-0.15, -0.1) is 0 Å². The summed E-state index contributed by atoms with van der Waals surface area (Å²) in [5.74, 6) is 0.0103. The number of benzene rings is 2. The fraction of sp³-hybridized carbons (Fsp3) is 0.391. The highest BCUT2D eigenvalue weighted by atomic mass is 19.1. The Balaban J connectivity index is 1.56. The summed E-state index contributed by atoms with van der Waals surface area (Å²) in [6.45, 7) is 0.340. The molecule has 152 valence electrons. The quantitative estimate of drug-likeness (QED) is 0.770. The van der Waals surface area contributed by atoms with Crippen LogP contribution in [0.2, 0.25) is 0 Å². The first kappa shape index (κ1) is 19.4. The number of rotatable bonds is 5. The number of halogens is 1. The van der Waals surface area contributed by atoms with Crippen molar-refractivity contribution in [3.8, 4) is 5.75 Å². The summed E-state index contributed by atoms with van der Waals surface area (Å²) in [6, 6.07) is 13.7. The van der Waals surface area contributed by atoms with Gasteiger partial charge in [0.05, 0.1) is 5.69 Å². The molecule has 0 bridgehead atoms. The molecule has 1 saturated carbocycles. The topological polar surface area (TPSA) is 49.9 Å². The van der Waals surface area contributed by atoms with E-state index < -0.39 is 0 Å². The standard InChI is InChI=1S/C23H25FN2O3/c24-18-12-10-17(11-13-18)14-25(19-6-2-1-3-7-19)22(27)15-26-20-8-4-5-9-21(20)29-16-23(26)28/h4-5,8-13,19H,1-3,6-7,14-16H2. The molecule has 0 radical (unpaired) electrons. The monoisotopic (exact) mass is 396 g/mol. The fourth-order valence-electron chi connectivity index (χ4n) is 4.15. The maximum Gasteiger partial charge on any atom is 0.265 e. The molecule has 0 aromatic heterocycles. The molecule has 1 aliphatic heterocycles. The predicted octanol–water partition coefficient (Wildman–Crippen LogP) is 3.91. The van der Waals surface area contributed by atoms with Gasteiger partial charge in [-0.3, -0.25) is 14.5 Å². The SMILES string of the molecule is O=C1COc2ccccc2N1CC(=O)N(Cc1ccc(F)cc1)C1CCCCC1. The fourth-order valence-corrected chi connectivity index (χ4v) is 4.15. The van der Waals surface area contributed by atoms with Crippen LogP contribution >= 0.6 is 0 Å². The summed E-state index contributed by atoms with van der Waals surface area (Å²) < 4.78 is 18.8. The van der Waals surface area contributed by atoms with Crippen LogP contribution in [0.15, 0.2) is 48.5 Å². The van der Waals surface area contributed by atoms with Crippen molar-refractivity contribution in [3.63, 3.8) is 0 Å². The predicted molar refractivity (Wildman–Crippen MR) is 108 cm³/mol. The average molecular weight is 396 g/mol. The first-order valence-corrected chi connectivity index (χ1v) is 10.2. The van der Waals surface area contributed by atoms with E-state index in [2.05, 4.69) is 0 Å². The molecule has 5 nitrogen and oxygen atoms in total. The van der Waals surface area contributed by atoms with Gasteiger partial charge in [-0.05, 0) is 42.7 Å². The second-order valence-corrected chi connectivity index (χ2v) is 7.68. The largest absolute Gasteiger partial charge is 0.482 e. The summed E-state index contributed by atoms with van der Waals surface area (Å²) in [5.41, 5.74) is 1.52. The smallest absolute Gasteiger partial charge is 0.265 e. The number of carbonyl (C=O) groups is 2. The number of nitrogens with zero attached hydrogens (tertiary/aromatic N) is 2. The highest BCUT2D eigenvalue weighted by Gasteiger charge is 2.31. The highest BCUT2D eigenvalue weighted by molar-refractivity contribution is 6.02. The molecule has 6 heteroatoms. The number of carbonyl (C=O) groups excluding carboxylic acids is 2. The zero-order valence-electron chi connectivity index (χ0n) is 16.4. The van der Waals surface area contributed by atoms with E-state index in [-0.39, 0.29) is 36.8 Å². The van der Waals surface area contributed by atoms with Gasteiger partial charge in [0, 0.05) is 12.6 Å².